The zero-order valence-electron chi connectivity index (χ0n) is 9.81. The van der Waals surface area contributed by atoms with E-state index in [2.05, 4.69) is 24.0 Å². The lowest BCUT2D eigenvalue weighted by Gasteiger charge is -2.12. The van der Waals surface area contributed by atoms with Crippen molar-refractivity contribution in [3.05, 3.63) is 30.3 Å². The van der Waals surface area contributed by atoms with Crippen molar-refractivity contribution in [1.82, 2.24) is 0 Å². The second kappa shape index (κ2) is 7.38. The maximum absolute atomic E-state index is 9.42. The second-order valence-electron chi connectivity index (χ2n) is 3.68. The third kappa shape index (κ3) is 5.25. The van der Waals surface area contributed by atoms with Gasteiger partial charge in [-0.3, -0.25) is 0 Å². The van der Waals surface area contributed by atoms with Crippen LogP contribution in [0.5, 0.6) is 0 Å². The molecule has 0 saturated carbocycles. The van der Waals surface area contributed by atoms with Crippen molar-refractivity contribution in [2.75, 3.05) is 0 Å². The van der Waals surface area contributed by atoms with Crippen LogP contribution >= 0.6 is 11.8 Å². The third-order valence-corrected chi connectivity index (χ3v) is 3.16. The van der Waals surface area contributed by atoms with Crippen LogP contribution in [0, 0.1) is 11.8 Å². The molecular formula is C14H18OS. The zero-order valence-corrected chi connectivity index (χ0v) is 10.6. The van der Waals surface area contributed by atoms with Crippen molar-refractivity contribution in [2.24, 2.45) is 0 Å². The van der Waals surface area contributed by atoms with Gasteiger partial charge >= 0.3 is 0 Å². The monoisotopic (exact) mass is 234 g/mol. The highest BCUT2D eigenvalue weighted by molar-refractivity contribution is 8.00. The Morgan fingerprint density at radius 3 is 2.56 bits per heavy atom. The summed E-state index contributed by atoms with van der Waals surface area (Å²) >= 11 is 1.72. The van der Waals surface area contributed by atoms with Crippen LogP contribution < -0.4 is 0 Å². The Kier molecular flexibility index (Phi) is 6.07. The number of hydrogen-bond donors (Lipinski definition) is 1. The molecule has 0 fully saturated rings. The van der Waals surface area contributed by atoms with Crippen molar-refractivity contribution < 1.29 is 5.11 Å². The van der Waals surface area contributed by atoms with Crippen LogP contribution in [0.2, 0.25) is 0 Å². The van der Waals surface area contributed by atoms with Crippen molar-refractivity contribution in [1.29, 1.82) is 0 Å². The van der Waals surface area contributed by atoms with E-state index in [-0.39, 0.29) is 11.4 Å². The summed E-state index contributed by atoms with van der Waals surface area (Å²) in [5.74, 6) is 6.29. The van der Waals surface area contributed by atoms with E-state index < -0.39 is 0 Å². The molecule has 86 valence electrons. The lowest BCUT2D eigenvalue weighted by molar-refractivity contribution is 0.188. The van der Waals surface area contributed by atoms with Crippen LogP contribution in [0.1, 0.15) is 26.7 Å². The van der Waals surface area contributed by atoms with E-state index in [1.165, 1.54) is 4.90 Å². The molecule has 0 aliphatic carbocycles. The molecule has 0 aromatic heterocycles. The summed E-state index contributed by atoms with van der Waals surface area (Å²) in [5, 5.41) is 9.60. The van der Waals surface area contributed by atoms with Crippen molar-refractivity contribution in [3.8, 4) is 11.8 Å². The summed E-state index contributed by atoms with van der Waals surface area (Å²) in [5.41, 5.74) is 0. The Morgan fingerprint density at radius 1 is 1.31 bits per heavy atom. The van der Waals surface area contributed by atoms with Gasteiger partial charge in [-0.1, -0.05) is 31.0 Å². The Hall–Kier alpha value is -0.910. The van der Waals surface area contributed by atoms with Gasteiger partial charge in [-0.2, -0.15) is 0 Å². The van der Waals surface area contributed by atoms with Gasteiger partial charge in [-0.25, -0.2) is 0 Å². The Morgan fingerprint density at radius 2 is 2.00 bits per heavy atom. The fourth-order valence-corrected chi connectivity index (χ4v) is 2.49. The Balaban J connectivity index is 2.63. The van der Waals surface area contributed by atoms with E-state index in [9.17, 15) is 5.11 Å². The van der Waals surface area contributed by atoms with E-state index in [1.54, 1.807) is 11.8 Å². The molecule has 1 rings (SSSR count). The van der Waals surface area contributed by atoms with Crippen LogP contribution in [0.3, 0.4) is 0 Å². The minimum absolute atomic E-state index is 0.183. The second-order valence-corrected chi connectivity index (χ2v) is 4.96. The number of rotatable bonds is 4. The lowest BCUT2D eigenvalue weighted by Crippen LogP contribution is -2.10. The van der Waals surface area contributed by atoms with E-state index in [0.717, 1.165) is 6.42 Å². The molecule has 1 aromatic rings. The standard InChI is InChI=1S/C14H18OS/c1-3-4-8-14(11-12(2)15)16-13-9-6-5-7-10-13/h5-7,9-10,12,14-15H,3,11H2,1-2H3/t12-,14?/m1/s1. The minimum Gasteiger partial charge on any atom is -0.393 e. The first kappa shape index (κ1) is 13.2. The number of hydrogen-bond acceptors (Lipinski definition) is 2. The lowest BCUT2D eigenvalue weighted by atomic mass is 10.2. The normalized spacial score (nSPS) is 13.7. The van der Waals surface area contributed by atoms with Crippen LogP contribution in [0.4, 0.5) is 0 Å². The molecule has 0 bridgehead atoms. The van der Waals surface area contributed by atoms with Gasteiger partial charge in [0.1, 0.15) is 0 Å². The molecule has 0 heterocycles. The molecule has 1 unspecified atom stereocenters. The van der Waals surface area contributed by atoms with Crippen LogP contribution in [-0.4, -0.2) is 16.5 Å². The quantitative estimate of drug-likeness (QED) is 0.637. The van der Waals surface area contributed by atoms with Gasteiger partial charge < -0.3 is 5.11 Å². The molecule has 0 amide bonds. The van der Waals surface area contributed by atoms with Gasteiger partial charge in [-0.05, 0) is 25.5 Å². The number of benzene rings is 1. The van der Waals surface area contributed by atoms with Crippen LogP contribution in [-0.2, 0) is 0 Å². The Bertz CT molecular complexity index is 348. The first-order valence-corrected chi connectivity index (χ1v) is 6.48. The molecule has 1 aromatic carbocycles. The topological polar surface area (TPSA) is 20.2 Å². The van der Waals surface area contributed by atoms with Gasteiger partial charge in [0.2, 0.25) is 0 Å². The summed E-state index contributed by atoms with van der Waals surface area (Å²) < 4.78 is 0. The highest BCUT2D eigenvalue weighted by Gasteiger charge is 2.10. The van der Waals surface area contributed by atoms with Crippen LogP contribution in [0.25, 0.3) is 0 Å². The summed E-state index contributed by atoms with van der Waals surface area (Å²) in [7, 11) is 0. The maximum Gasteiger partial charge on any atom is 0.0728 e. The first-order chi connectivity index (χ1) is 7.72. The molecule has 0 saturated heterocycles. The zero-order chi connectivity index (χ0) is 11.8. The molecule has 16 heavy (non-hydrogen) atoms. The van der Waals surface area contributed by atoms with Crippen molar-refractivity contribution in [3.63, 3.8) is 0 Å². The number of aliphatic hydroxyl groups is 1. The van der Waals surface area contributed by atoms with Gasteiger partial charge in [-0.15, -0.1) is 17.7 Å². The first-order valence-electron chi connectivity index (χ1n) is 5.60. The van der Waals surface area contributed by atoms with Crippen molar-refractivity contribution in [2.45, 2.75) is 42.9 Å². The summed E-state index contributed by atoms with van der Waals surface area (Å²) in [6, 6.07) is 10.2. The average Bonchev–Trinajstić information content (AvgIpc) is 2.26. The predicted molar refractivity (Wildman–Crippen MR) is 70.5 cm³/mol. The smallest absolute Gasteiger partial charge is 0.0728 e. The number of thioether (sulfide) groups is 1. The molecule has 0 aliphatic rings. The molecule has 0 aliphatic heterocycles. The number of aliphatic hydroxyl groups excluding tert-OH is 1. The highest BCUT2D eigenvalue weighted by atomic mass is 32.2. The summed E-state index contributed by atoms with van der Waals surface area (Å²) in [6.07, 6.45) is 1.28. The van der Waals surface area contributed by atoms with Crippen LogP contribution in [0.15, 0.2) is 35.2 Å². The molecule has 2 heteroatoms. The fraction of sp³-hybridized carbons (Fsp3) is 0.429. The van der Waals surface area contributed by atoms with E-state index in [0.29, 0.717) is 6.42 Å². The largest absolute Gasteiger partial charge is 0.393 e. The SMILES string of the molecule is CCC#CC(C[C@@H](C)O)Sc1ccccc1. The maximum atomic E-state index is 9.42. The molecule has 2 atom stereocenters. The molecular weight excluding hydrogens is 216 g/mol. The average molecular weight is 234 g/mol. The molecule has 0 spiro atoms. The molecule has 1 N–H and O–H groups in total. The van der Waals surface area contributed by atoms with E-state index >= 15 is 0 Å². The van der Waals surface area contributed by atoms with Gasteiger partial charge in [0, 0.05) is 11.3 Å². The van der Waals surface area contributed by atoms with E-state index in [1.807, 2.05) is 32.0 Å². The third-order valence-electron chi connectivity index (χ3n) is 2.02. The van der Waals surface area contributed by atoms with E-state index in [4.69, 9.17) is 0 Å². The van der Waals surface area contributed by atoms with Gasteiger partial charge in [0.05, 0.1) is 11.4 Å². The van der Waals surface area contributed by atoms with Gasteiger partial charge in [0.15, 0.2) is 0 Å². The molecule has 1 nitrogen and oxygen atoms in total. The molecule has 0 radical (unpaired) electrons. The van der Waals surface area contributed by atoms with Gasteiger partial charge in [0.25, 0.3) is 0 Å². The summed E-state index contributed by atoms with van der Waals surface area (Å²) in [6.45, 7) is 3.85. The Labute approximate surface area is 102 Å². The highest BCUT2D eigenvalue weighted by Crippen LogP contribution is 2.25. The fourth-order valence-electron chi connectivity index (χ4n) is 1.33. The summed E-state index contributed by atoms with van der Waals surface area (Å²) in [4.78, 5) is 1.21. The predicted octanol–water partition coefficient (Wildman–Crippen LogP) is 3.33. The van der Waals surface area contributed by atoms with Crippen molar-refractivity contribution >= 4 is 11.8 Å². The minimum atomic E-state index is -0.299.